The average molecular weight is 212 g/mol. The Bertz CT molecular complexity index is 363. The summed E-state index contributed by atoms with van der Waals surface area (Å²) in [5.74, 6) is -0.191. The molecule has 6 heteroatoms. The first kappa shape index (κ1) is 10.1. The van der Waals surface area contributed by atoms with Gasteiger partial charge in [-0.05, 0) is 13.3 Å². The highest BCUT2D eigenvalue weighted by atomic mass is 16.5. The Labute approximate surface area is 86.6 Å². The third-order valence-electron chi connectivity index (χ3n) is 2.49. The van der Waals surface area contributed by atoms with Gasteiger partial charge in [0.25, 0.3) is 0 Å². The molecule has 2 unspecified atom stereocenters. The van der Waals surface area contributed by atoms with E-state index in [9.17, 15) is 4.79 Å². The molecule has 1 aliphatic heterocycles. The maximum Gasteiger partial charge on any atom is 0.396 e. The topological polar surface area (TPSA) is 74.5 Å². The van der Waals surface area contributed by atoms with Crippen molar-refractivity contribution in [2.75, 3.05) is 13.7 Å². The molecule has 15 heavy (non-hydrogen) atoms. The minimum Gasteiger partial charge on any atom is -0.462 e. The second-order valence-electron chi connectivity index (χ2n) is 3.41. The summed E-state index contributed by atoms with van der Waals surface area (Å²) in [6.45, 7) is 2.63. The zero-order chi connectivity index (χ0) is 10.8. The van der Waals surface area contributed by atoms with Gasteiger partial charge < -0.3 is 13.9 Å². The van der Waals surface area contributed by atoms with E-state index >= 15 is 0 Å². The van der Waals surface area contributed by atoms with Crippen LogP contribution in [-0.2, 0) is 9.47 Å². The van der Waals surface area contributed by atoms with Crippen LogP contribution in [-0.4, -0.2) is 36.0 Å². The van der Waals surface area contributed by atoms with Crippen molar-refractivity contribution in [1.29, 1.82) is 0 Å². The van der Waals surface area contributed by atoms with Crippen LogP contribution in [0.3, 0.4) is 0 Å². The Balaban J connectivity index is 2.16. The van der Waals surface area contributed by atoms with Gasteiger partial charge in [0.05, 0.1) is 19.1 Å². The smallest absolute Gasteiger partial charge is 0.396 e. The van der Waals surface area contributed by atoms with Gasteiger partial charge in [-0.1, -0.05) is 0 Å². The van der Waals surface area contributed by atoms with Crippen LogP contribution in [0.15, 0.2) is 4.42 Å². The van der Waals surface area contributed by atoms with Crippen molar-refractivity contribution in [1.82, 2.24) is 10.2 Å². The van der Waals surface area contributed by atoms with Crippen LogP contribution >= 0.6 is 0 Å². The third kappa shape index (κ3) is 1.85. The lowest BCUT2D eigenvalue weighted by atomic mass is 10.0. The fourth-order valence-corrected chi connectivity index (χ4v) is 1.61. The summed E-state index contributed by atoms with van der Waals surface area (Å²) in [7, 11) is 1.27. The fraction of sp³-hybridized carbons (Fsp3) is 0.667. The number of methoxy groups -OCH3 is 1. The fourth-order valence-electron chi connectivity index (χ4n) is 1.61. The van der Waals surface area contributed by atoms with E-state index in [1.807, 2.05) is 6.92 Å². The van der Waals surface area contributed by atoms with Crippen LogP contribution < -0.4 is 0 Å². The standard InChI is InChI=1S/C9H12N2O4/c1-5-6(3-4-14-5)7-10-11-8(15-7)9(12)13-2/h5-6H,3-4H2,1-2H3. The first-order chi connectivity index (χ1) is 7.22. The highest BCUT2D eigenvalue weighted by molar-refractivity contribution is 5.83. The maximum atomic E-state index is 11.1. The first-order valence-corrected chi connectivity index (χ1v) is 4.75. The Hall–Kier alpha value is -1.43. The van der Waals surface area contributed by atoms with Gasteiger partial charge in [0.2, 0.25) is 5.89 Å². The molecule has 0 N–H and O–H groups in total. The Morgan fingerprint density at radius 3 is 2.93 bits per heavy atom. The number of rotatable bonds is 2. The zero-order valence-electron chi connectivity index (χ0n) is 8.60. The number of carbonyl (C=O) groups is 1. The van der Waals surface area contributed by atoms with Gasteiger partial charge in [-0.25, -0.2) is 4.79 Å². The van der Waals surface area contributed by atoms with Gasteiger partial charge >= 0.3 is 11.9 Å². The van der Waals surface area contributed by atoms with Crippen LogP contribution in [0.25, 0.3) is 0 Å². The van der Waals surface area contributed by atoms with Crippen LogP contribution in [0.2, 0.25) is 0 Å². The number of hydrogen-bond donors (Lipinski definition) is 0. The molecule has 0 radical (unpaired) electrons. The van der Waals surface area contributed by atoms with Crippen LogP contribution in [0.1, 0.15) is 35.8 Å². The molecule has 1 saturated heterocycles. The van der Waals surface area contributed by atoms with E-state index in [0.29, 0.717) is 12.5 Å². The zero-order valence-corrected chi connectivity index (χ0v) is 8.60. The second kappa shape index (κ2) is 3.98. The summed E-state index contributed by atoms with van der Waals surface area (Å²) < 4.78 is 15.1. The molecule has 2 rings (SSSR count). The number of nitrogens with zero attached hydrogens (tertiary/aromatic N) is 2. The van der Waals surface area contributed by atoms with Gasteiger partial charge in [0, 0.05) is 6.61 Å². The number of hydrogen-bond acceptors (Lipinski definition) is 6. The summed E-state index contributed by atoms with van der Waals surface area (Å²) in [5.41, 5.74) is 0. The van der Waals surface area contributed by atoms with Crippen LogP contribution in [0, 0.1) is 0 Å². The monoisotopic (exact) mass is 212 g/mol. The van der Waals surface area contributed by atoms with Crippen molar-refractivity contribution in [2.24, 2.45) is 0 Å². The molecule has 0 bridgehead atoms. The largest absolute Gasteiger partial charge is 0.462 e. The van der Waals surface area contributed by atoms with Crippen LogP contribution in [0.4, 0.5) is 0 Å². The Morgan fingerprint density at radius 2 is 2.33 bits per heavy atom. The Morgan fingerprint density at radius 1 is 1.53 bits per heavy atom. The maximum absolute atomic E-state index is 11.1. The number of aromatic nitrogens is 2. The van der Waals surface area contributed by atoms with E-state index in [-0.39, 0.29) is 17.9 Å². The van der Waals surface area contributed by atoms with E-state index in [2.05, 4.69) is 14.9 Å². The lowest BCUT2D eigenvalue weighted by molar-refractivity contribution is 0.0551. The molecule has 82 valence electrons. The predicted molar refractivity (Wildman–Crippen MR) is 48.4 cm³/mol. The van der Waals surface area contributed by atoms with Crippen molar-refractivity contribution < 1.29 is 18.7 Å². The van der Waals surface area contributed by atoms with E-state index in [1.165, 1.54) is 7.11 Å². The van der Waals surface area contributed by atoms with Gasteiger partial charge in [-0.3, -0.25) is 0 Å². The summed E-state index contributed by atoms with van der Waals surface area (Å²) in [5, 5.41) is 7.44. The molecule has 0 saturated carbocycles. The second-order valence-corrected chi connectivity index (χ2v) is 3.41. The molecule has 2 atom stereocenters. The minimum absolute atomic E-state index is 0.0518. The normalized spacial score (nSPS) is 25.5. The molecule has 1 aromatic rings. The highest BCUT2D eigenvalue weighted by Crippen LogP contribution is 2.29. The molecule has 1 fully saturated rings. The SMILES string of the molecule is COC(=O)c1nnc(C2CCOC2C)o1. The first-order valence-electron chi connectivity index (χ1n) is 4.75. The molecule has 0 aromatic carbocycles. The number of ether oxygens (including phenoxy) is 2. The molecule has 0 aliphatic carbocycles. The summed E-state index contributed by atoms with van der Waals surface area (Å²) >= 11 is 0. The van der Waals surface area contributed by atoms with Gasteiger partial charge in [0.1, 0.15) is 0 Å². The van der Waals surface area contributed by atoms with Crippen molar-refractivity contribution in [3.8, 4) is 0 Å². The predicted octanol–water partition coefficient (Wildman–Crippen LogP) is 0.749. The molecule has 0 spiro atoms. The van der Waals surface area contributed by atoms with E-state index < -0.39 is 5.97 Å². The molecular weight excluding hydrogens is 200 g/mol. The molecule has 1 aliphatic rings. The summed E-state index contributed by atoms with van der Waals surface area (Å²) in [4.78, 5) is 11.1. The van der Waals surface area contributed by atoms with Crippen molar-refractivity contribution in [3.05, 3.63) is 11.8 Å². The average Bonchev–Trinajstić information content (AvgIpc) is 2.84. The molecule has 6 nitrogen and oxygen atoms in total. The minimum atomic E-state index is -0.611. The lowest BCUT2D eigenvalue weighted by Crippen LogP contribution is -2.09. The summed E-state index contributed by atoms with van der Waals surface area (Å²) in [6.07, 6.45) is 0.889. The van der Waals surface area contributed by atoms with Crippen molar-refractivity contribution >= 4 is 5.97 Å². The molecular formula is C9H12N2O4. The van der Waals surface area contributed by atoms with Gasteiger partial charge in [0.15, 0.2) is 0 Å². The van der Waals surface area contributed by atoms with Gasteiger partial charge in [-0.15, -0.1) is 10.2 Å². The van der Waals surface area contributed by atoms with Gasteiger partial charge in [-0.2, -0.15) is 0 Å². The molecule has 2 heterocycles. The van der Waals surface area contributed by atoms with E-state index in [0.717, 1.165) is 6.42 Å². The molecule has 0 amide bonds. The Kier molecular flexibility index (Phi) is 2.68. The van der Waals surface area contributed by atoms with Crippen molar-refractivity contribution in [3.63, 3.8) is 0 Å². The summed E-state index contributed by atoms with van der Waals surface area (Å²) in [6, 6.07) is 0. The van der Waals surface area contributed by atoms with Crippen LogP contribution in [0.5, 0.6) is 0 Å². The number of esters is 1. The quantitative estimate of drug-likeness (QED) is 0.673. The highest BCUT2D eigenvalue weighted by Gasteiger charge is 2.31. The van der Waals surface area contributed by atoms with E-state index in [1.54, 1.807) is 0 Å². The third-order valence-corrected chi connectivity index (χ3v) is 2.49. The van der Waals surface area contributed by atoms with Crippen molar-refractivity contribution in [2.45, 2.75) is 25.4 Å². The number of carbonyl (C=O) groups excluding carboxylic acids is 1. The lowest BCUT2D eigenvalue weighted by Gasteiger charge is -2.07. The molecule has 1 aromatic heterocycles. The van der Waals surface area contributed by atoms with E-state index in [4.69, 9.17) is 9.15 Å².